The van der Waals surface area contributed by atoms with Crippen LogP contribution in [0.3, 0.4) is 0 Å². The number of aromatic nitrogens is 2. The second-order valence-electron chi connectivity index (χ2n) is 4.66. The summed E-state index contributed by atoms with van der Waals surface area (Å²) in [5.41, 5.74) is 0. The normalized spacial score (nSPS) is 15.6. The largest absolute Gasteiger partial charge is 0.468 e. The summed E-state index contributed by atoms with van der Waals surface area (Å²) >= 11 is 0. The molecule has 1 amide bonds. The molecule has 1 aromatic heterocycles. The van der Waals surface area contributed by atoms with E-state index >= 15 is 0 Å². The number of anilines is 1. The van der Waals surface area contributed by atoms with Gasteiger partial charge in [-0.3, -0.25) is 14.5 Å². The second-order valence-corrected chi connectivity index (χ2v) is 4.66. The van der Waals surface area contributed by atoms with Crippen LogP contribution in [0.1, 0.15) is 0 Å². The number of esters is 1. The first kappa shape index (κ1) is 15.2. The van der Waals surface area contributed by atoms with Crippen LogP contribution in [-0.2, 0) is 14.3 Å². The van der Waals surface area contributed by atoms with E-state index in [0.29, 0.717) is 5.95 Å². The maximum Gasteiger partial charge on any atom is 0.325 e. The monoisotopic (exact) mass is 293 g/mol. The number of carbonyl (C=O) groups excluding carboxylic acids is 2. The minimum Gasteiger partial charge on any atom is -0.468 e. The minimum absolute atomic E-state index is 0.0901. The number of carbonyl (C=O) groups is 2. The highest BCUT2D eigenvalue weighted by atomic mass is 16.5. The summed E-state index contributed by atoms with van der Waals surface area (Å²) in [6.07, 6.45) is 3.43. The number of rotatable bonds is 5. The molecular formula is C13H19N5O3. The lowest BCUT2D eigenvalue weighted by atomic mass is 10.3. The predicted molar refractivity (Wildman–Crippen MR) is 75.7 cm³/mol. The van der Waals surface area contributed by atoms with Crippen molar-refractivity contribution in [3.05, 3.63) is 18.5 Å². The van der Waals surface area contributed by atoms with Gasteiger partial charge in [0, 0.05) is 38.6 Å². The number of hydrogen-bond acceptors (Lipinski definition) is 7. The van der Waals surface area contributed by atoms with Crippen LogP contribution in [0.15, 0.2) is 18.5 Å². The molecule has 1 aliphatic heterocycles. The topological polar surface area (TPSA) is 87.7 Å². The molecule has 114 valence electrons. The fourth-order valence-electron chi connectivity index (χ4n) is 2.06. The molecule has 1 saturated heterocycles. The molecular weight excluding hydrogens is 274 g/mol. The molecule has 0 spiro atoms. The van der Waals surface area contributed by atoms with Crippen molar-refractivity contribution in [1.29, 1.82) is 0 Å². The van der Waals surface area contributed by atoms with Crippen molar-refractivity contribution in [2.45, 2.75) is 0 Å². The van der Waals surface area contributed by atoms with E-state index in [4.69, 9.17) is 0 Å². The van der Waals surface area contributed by atoms with Gasteiger partial charge in [0.1, 0.15) is 6.54 Å². The van der Waals surface area contributed by atoms with Gasteiger partial charge in [0.25, 0.3) is 0 Å². The first-order valence-electron chi connectivity index (χ1n) is 6.77. The first-order chi connectivity index (χ1) is 10.2. The van der Waals surface area contributed by atoms with Crippen LogP contribution in [0.25, 0.3) is 0 Å². The Kier molecular flexibility index (Phi) is 5.44. The average molecular weight is 293 g/mol. The maximum atomic E-state index is 11.7. The maximum absolute atomic E-state index is 11.7. The zero-order valence-electron chi connectivity index (χ0n) is 12.0. The van der Waals surface area contributed by atoms with Gasteiger partial charge < -0.3 is 15.0 Å². The third-order valence-corrected chi connectivity index (χ3v) is 3.23. The molecule has 8 nitrogen and oxygen atoms in total. The number of hydrogen-bond donors (Lipinski definition) is 1. The van der Waals surface area contributed by atoms with Crippen molar-refractivity contribution < 1.29 is 14.3 Å². The van der Waals surface area contributed by atoms with Gasteiger partial charge in [0.15, 0.2) is 0 Å². The summed E-state index contributed by atoms with van der Waals surface area (Å²) in [4.78, 5) is 35.2. The molecule has 1 aromatic rings. The van der Waals surface area contributed by atoms with Crippen LogP contribution in [0.4, 0.5) is 5.95 Å². The quantitative estimate of drug-likeness (QED) is 0.689. The SMILES string of the molecule is COC(=O)CNC(=O)CN1CCN(c2ncccn2)CC1. The summed E-state index contributed by atoms with van der Waals surface area (Å²) in [6.45, 7) is 3.24. The molecule has 0 unspecified atom stereocenters. The lowest BCUT2D eigenvalue weighted by Gasteiger charge is -2.34. The third kappa shape index (κ3) is 4.67. The zero-order valence-corrected chi connectivity index (χ0v) is 12.0. The smallest absolute Gasteiger partial charge is 0.325 e. The summed E-state index contributed by atoms with van der Waals surface area (Å²) in [6, 6.07) is 1.78. The van der Waals surface area contributed by atoms with Crippen LogP contribution in [0.2, 0.25) is 0 Å². The molecule has 0 bridgehead atoms. The number of amides is 1. The van der Waals surface area contributed by atoms with Gasteiger partial charge >= 0.3 is 5.97 Å². The van der Waals surface area contributed by atoms with Crippen LogP contribution in [0, 0.1) is 0 Å². The third-order valence-electron chi connectivity index (χ3n) is 3.23. The highest BCUT2D eigenvalue weighted by Gasteiger charge is 2.20. The van der Waals surface area contributed by atoms with Crippen molar-refractivity contribution in [2.24, 2.45) is 0 Å². The standard InChI is InChI=1S/C13H19N5O3/c1-21-12(20)9-16-11(19)10-17-5-7-18(8-6-17)13-14-3-2-4-15-13/h2-4H,5-10H2,1H3,(H,16,19). The highest BCUT2D eigenvalue weighted by molar-refractivity contribution is 5.83. The number of nitrogens with zero attached hydrogens (tertiary/aromatic N) is 4. The van der Waals surface area contributed by atoms with Gasteiger partial charge in [0.05, 0.1) is 13.7 Å². The Morgan fingerprint density at radius 2 is 1.90 bits per heavy atom. The minimum atomic E-state index is -0.450. The second kappa shape index (κ2) is 7.53. The van der Waals surface area contributed by atoms with E-state index in [9.17, 15) is 9.59 Å². The molecule has 1 fully saturated rings. The van der Waals surface area contributed by atoms with Gasteiger partial charge in [-0.05, 0) is 6.07 Å². The van der Waals surface area contributed by atoms with Gasteiger partial charge in [-0.25, -0.2) is 9.97 Å². The van der Waals surface area contributed by atoms with E-state index in [1.807, 2.05) is 4.90 Å². The Bertz CT molecular complexity index is 474. The van der Waals surface area contributed by atoms with Crippen LogP contribution in [0.5, 0.6) is 0 Å². The van der Waals surface area contributed by atoms with Gasteiger partial charge in [0.2, 0.25) is 11.9 Å². The van der Waals surface area contributed by atoms with Crippen LogP contribution in [-0.4, -0.2) is 73.1 Å². The van der Waals surface area contributed by atoms with Crippen LogP contribution >= 0.6 is 0 Å². The fourth-order valence-corrected chi connectivity index (χ4v) is 2.06. The van der Waals surface area contributed by atoms with E-state index < -0.39 is 5.97 Å². The number of methoxy groups -OCH3 is 1. The summed E-state index contributed by atoms with van der Waals surface area (Å²) in [7, 11) is 1.29. The van der Waals surface area contributed by atoms with E-state index in [0.717, 1.165) is 26.2 Å². The van der Waals surface area contributed by atoms with Crippen molar-refractivity contribution >= 4 is 17.8 Å². The Morgan fingerprint density at radius 1 is 1.24 bits per heavy atom. The van der Waals surface area contributed by atoms with E-state index in [1.165, 1.54) is 7.11 Å². The first-order valence-corrected chi connectivity index (χ1v) is 6.77. The molecule has 0 radical (unpaired) electrons. The van der Waals surface area contributed by atoms with Crippen molar-refractivity contribution in [2.75, 3.05) is 51.3 Å². The molecule has 1 aliphatic rings. The summed E-state index contributed by atoms with van der Waals surface area (Å²) in [5, 5.41) is 2.53. The predicted octanol–water partition coefficient (Wildman–Crippen LogP) is -1.11. The molecule has 0 aromatic carbocycles. The van der Waals surface area contributed by atoms with Gasteiger partial charge in [-0.2, -0.15) is 0 Å². The highest BCUT2D eigenvalue weighted by Crippen LogP contribution is 2.09. The van der Waals surface area contributed by atoms with E-state index in [1.54, 1.807) is 18.5 Å². The number of nitrogens with one attached hydrogen (secondary N) is 1. The lowest BCUT2D eigenvalue weighted by Crippen LogP contribution is -2.50. The van der Waals surface area contributed by atoms with Crippen molar-refractivity contribution in [3.8, 4) is 0 Å². The number of piperazine rings is 1. The Balaban J connectivity index is 1.72. The molecule has 21 heavy (non-hydrogen) atoms. The van der Waals surface area contributed by atoms with Gasteiger partial charge in [-0.15, -0.1) is 0 Å². The Morgan fingerprint density at radius 3 is 2.52 bits per heavy atom. The van der Waals surface area contributed by atoms with Crippen molar-refractivity contribution in [3.63, 3.8) is 0 Å². The Hall–Kier alpha value is -2.22. The lowest BCUT2D eigenvalue weighted by molar-refractivity contribution is -0.141. The molecule has 1 N–H and O–H groups in total. The number of ether oxygens (including phenoxy) is 1. The summed E-state index contributed by atoms with van der Waals surface area (Å²) in [5.74, 6) is 0.0894. The fraction of sp³-hybridized carbons (Fsp3) is 0.538. The zero-order chi connectivity index (χ0) is 15.1. The van der Waals surface area contributed by atoms with E-state index in [-0.39, 0.29) is 19.0 Å². The Labute approximate surface area is 123 Å². The molecule has 0 aliphatic carbocycles. The van der Waals surface area contributed by atoms with E-state index in [2.05, 4.69) is 24.9 Å². The molecule has 0 saturated carbocycles. The molecule has 0 atom stereocenters. The molecule has 2 heterocycles. The molecule has 2 rings (SSSR count). The average Bonchev–Trinajstić information content (AvgIpc) is 2.54. The van der Waals surface area contributed by atoms with Crippen LogP contribution < -0.4 is 10.2 Å². The van der Waals surface area contributed by atoms with Gasteiger partial charge in [-0.1, -0.05) is 0 Å². The van der Waals surface area contributed by atoms with Crippen molar-refractivity contribution in [1.82, 2.24) is 20.2 Å². The summed E-state index contributed by atoms with van der Waals surface area (Å²) < 4.78 is 4.47. The molecule has 8 heteroatoms.